The zero-order chi connectivity index (χ0) is 16.2. The van der Waals surface area contributed by atoms with E-state index in [1.165, 1.54) is 5.56 Å². The number of hydrogen-bond acceptors (Lipinski definition) is 3. The lowest BCUT2D eigenvalue weighted by atomic mass is 10.0. The van der Waals surface area contributed by atoms with Gasteiger partial charge in [-0.3, -0.25) is 4.79 Å². The van der Waals surface area contributed by atoms with Gasteiger partial charge in [0.1, 0.15) is 9.84 Å². The average Bonchev–Trinajstić information content (AvgIpc) is 2.49. The lowest BCUT2D eigenvalue weighted by Crippen LogP contribution is -2.40. The maximum atomic E-state index is 12.0. The van der Waals surface area contributed by atoms with Gasteiger partial charge in [-0.05, 0) is 42.9 Å². The van der Waals surface area contributed by atoms with E-state index in [1.807, 2.05) is 19.1 Å². The number of hydrogen-bond donors (Lipinski definition) is 1. The third-order valence-electron chi connectivity index (χ3n) is 4.07. The van der Waals surface area contributed by atoms with Crippen LogP contribution >= 0.6 is 0 Å². The van der Waals surface area contributed by atoms with E-state index in [0.717, 1.165) is 17.6 Å². The van der Waals surface area contributed by atoms with E-state index in [1.54, 1.807) is 6.08 Å². The van der Waals surface area contributed by atoms with Crippen molar-refractivity contribution >= 4 is 21.3 Å². The molecule has 1 heterocycles. The molecule has 1 saturated heterocycles. The van der Waals surface area contributed by atoms with Crippen LogP contribution in [-0.2, 0) is 21.1 Å². The standard InChI is InChI=1S/C17H23NO3S/c1-3-14-4-6-15(7-5-14)13(2)12-17(19)18-16-8-10-22(20,21)11-9-16/h4-7,12,16H,3,8-11H2,1-2H3,(H,18,19). The Labute approximate surface area is 132 Å². The molecule has 0 unspecified atom stereocenters. The lowest BCUT2D eigenvalue weighted by molar-refractivity contribution is -0.117. The molecule has 1 aliphatic heterocycles. The van der Waals surface area contributed by atoms with Crippen molar-refractivity contribution in [3.05, 3.63) is 41.5 Å². The lowest BCUT2D eigenvalue weighted by Gasteiger charge is -2.22. The molecule has 0 atom stereocenters. The molecule has 0 aliphatic carbocycles. The van der Waals surface area contributed by atoms with Crippen molar-refractivity contribution in [1.82, 2.24) is 5.32 Å². The molecule has 22 heavy (non-hydrogen) atoms. The van der Waals surface area contributed by atoms with Gasteiger partial charge in [0.05, 0.1) is 11.5 Å². The number of allylic oxidation sites excluding steroid dienone is 1. The molecule has 2 rings (SSSR count). The Morgan fingerprint density at radius 2 is 1.82 bits per heavy atom. The maximum absolute atomic E-state index is 12.0. The highest BCUT2D eigenvalue weighted by Gasteiger charge is 2.24. The van der Waals surface area contributed by atoms with Crippen LogP contribution in [-0.4, -0.2) is 31.9 Å². The summed E-state index contributed by atoms with van der Waals surface area (Å²) < 4.78 is 22.7. The Hall–Kier alpha value is -1.62. The van der Waals surface area contributed by atoms with Gasteiger partial charge in [0.25, 0.3) is 0 Å². The van der Waals surface area contributed by atoms with Crippen LogP contribution in [0.4, 0.5) is 0 Å². The van der Waals surface area contributed by atoms with Gasteiger partial charge in [0, 0.05) is 12.1 Å². The van der Waals surface area contributed by atoms with Crippen LogP contribution in [0.1, 0.15) is 37.8 Å². The zero-order valence-corrected chi connectivity index (χ0v) is 13.9. The Kier molecular flexibility index (Phi) is 5.40. The summed E-state index contributed by atoms with van der Waals surface area (Å²) in [4.78, 5) is 12.0. The first kappa shape index (κ1) is 16.7. The van der Waals surface area contributed by atoms with Crippen molar-refractivity contribution < 1.29 is 13.2 Å². The van der Waals surface area contributed by atoms with Gasteiger partial charge in [-0.15, -0.1) is 0 Å². The van der Waals surface area contributed by atoms with Gasteiger partial charge in [-0.25, -0.2) is 8.42 Å². The average molecular weight is 321 g/mol. The molecule has 1 amide bonds. The van der Waals surface area contributed by atoms with Crippen LogP contribution in [0.3, 0.4) is 0 Å². The molecule has 1 aliphatic rings. The molecule has 0 bridgehead atoms. The van der Waals surface area contributed by atoms with Gasteiger partial charge in [-0.2, -0.15) is 0 Å². The summed E-state index contributed by atoms with van der Waals surface area (Å²) in [6.45, 7) is 4.02. The van der Waals surface area contributed by atoms with E-state index in [4.69, 9.17) is 0 Å². The molecule has 0 spiro atoms. The monoisotopic (exact) mass is 321 g/mol. The predicted octanol–water partition coefficient (Wildman–Crippen LogP) is 2.35. The summed E-state index contributed by atoms with van der Waals surface area (Å²) in [5.41, 5.74) is 3.20. The van der Waals surface area contributed by atoms with E-state index in [-0.39, 0.29) is 23.5 Å². The molecule has 0 radical (unpaired) electrons. The Bertz CT molecular complexity index is 646. The highest BCUT2D eigenvalue weighted by molar-refractivity contribution is 7.91. The number of aryl methyl sites for hydroxylation is 1. The maximum Gasteiger partial charge on any atom is 0.244 e. The van der Waals surface area contributed by atoms with Crippen molar-refractivity contribution in [3.8, 4) is 0 Å². The second-order valence-electron chi connectivity index (χ2n) is 5.81. The third-order valence-corrected chi connectivity index (χ3v) is 5.78. The first-order chi connectivity index (χ1) is 10.4. The quantitative estimate of drug-likeness (QED) is 0.866. The van der Waals surface area contributed by atoms with E-state index >= 15 is 0 Å². The summed E-state index contributed by atoms with van der Waals surface area (Å²) >= 11 is 0. The normalized spacial score (nSPS) is 18.9. The second kappa shape index (κ2) is 7.09. The van der Waals surface area contributed by atoms with Gasteiger partial charge >= 0.3 is 0 Å². The van der Waals surface area contributed by atoms with Gasteiger partial charge in [-0.1, -0.05) is 31.2 Å². The van der Waals surface area contributed by atoms with Crippen LogP contribution in [0.5, 0.6) is 0 Å². The number of benzene rings is 1. The fraction of sp³-hybridized carbons (Fsp3) is 0.471. The summed E-state index contributed by atoms with van der Waals surface area (Å²) in [5, 5.41) is 2.90. The van der Waals surface area contributed by atoms with E-state index < -0.39 is 9.84 Å². The largest absolute Gasteiger partial charge is 0.350 e. The fourth-order valence-corrected chi connectivity index (χ4v) is 4.05. The van der Waals surface area contributed by atoms with Crippen molar-refractivity contribution in [1.29, 1.82) is 0 Å². The zero-order valence-electron chi connectivity index (χ0n) is 13.1. The van der Waals surface area contributed by atoms with Crippen molar-refractivity contribution in [3.63, 3.8) is 0 Å². The number of carbonyl (C=O) groups excluding carboxylic acids is 1. The molecule has 4 nitrogen and oxygen atoms in total. The first-order valence-corrected chi connectivity index (χ1v) is 9.50. The van der Waals surface area contributed by atoms with Crippen LogP contribution in [0.25, 0.3) is 5.57 Å². The molecular formula is C17H23NO3S. The highest BCUT2D eigenvalue weighted by Crippen LogP contribution is 2.16. The molecule has 0 aromatic heterocycles. The summed E-state index contributed by atoms with van der Waals surface area (Å²) in [6, 6.07) is 8.13. The number of rotatable bonds is 4. The summed E-state index contributed by atoms with van der Waals surface area (Å²) in [5.74, 6) is 0.180. The molecule has 1 fully saturated rings. The van der Waals surface area contributed by atoms with Crippen molar-refractivity contribution in [2.24, 2.45) is 0 Å². The Morgan fingerprint density at radius 1 is 1.23 bits per heavy atom. The number of amides is 1. The SMILES string of the molecule is CCc1ccc(C(C)=CC(=O)NC2CCS(=O)(=O)CC2)cc1. The Morgan fingerprint density at radius 3 is 2.36 bits per heavy atom. The summed E-state index contributed by atoms with van der Waals surface area (Å²) in [6.07, 6.45) is 3.59. The molecule has 1 aromatic rings. The first-order valence-electron chi connectivity index (χ1n) is 7.68. The summed E-state index contributed by atoms with van der Waals surface area (Å²) in [7, 11) is -2.89. The minimum Gasteiger partial charge on any atom is -0.350 e. The number of sulfone groups is 1. The smallest absolute Gasteiger partial charge is 0.244 e. The minimum atomic E-state index is -2.89. The van der Waals surface area contributed by atoms with Gasteiger partial charge < -0.3 is 5.32 Å². The van der Waals surface area contributed by atoms with E-state index in [0.29, 0.717) is 12.8 Å². The van der Waals surface area contributed by atoms with Crippen LogP contribution in [0.2, 0.25) is 0 Å². The molecule has 1 N–H and O–H groups in total. The van der Waals surface area contributed by atoms with Crippen molar-refractivity contribution in [2.45, 2.75) is 39.2 Å². The highest BCUT2D eigenvalue weighted by atomic mass is 32.2. The van der Waals surface area contributed by atoms with E-state index in [9.17, 15) is 13.2 Å². The third kappa shape index (κ3) is 4.70. The topological polar surface area (TPSA) is 63.2 Å². The van der Waals surface area contributed by atoms with Crippen LogP contribution < -0.4 is 5.32 Å². The van der Waals surface area contributed by atoms with E-state index in [2.05, 4.69) is 24.4 Å². The molecular weight excluding hydrogens is 298 g/mol. The van der Waals surface area contributed by atoms with Crippen molar-refractivity contribution in [2.75, 3.05) is 11.5 Å². The molecule has 5 heteroatoms. The predicted molar refractivity (Wildman–Crippen MR) is 89.3 cm³/mol. The molecule has 0 saturated carbocycles. The van der Waals surface area contributed by atoms with Gasteiger partial charge in [0.15, 0.2) is 0 Å². The van der Waals surface area contributed by atoms with Crippen LogP contribution in [0, 0.1) is 0 Å². The minimum absolute atomic E-state index is 0.0393. The number of carbonyl (C=O) groups is 1. The van der Waals surface area contributed by atoms with Gasteiger partial charge in [0.2, 0.25) is 5.91 Å². The second-order valence-corrected chi connectivity index (χ2v) is 8.12. The Balaban J connectivity index is 1.94. The number of nitrogens with one attached hydrogen (secondary N) is 1. The molecule has 1 aromatic carbocycles. The molecule has 120 valence electrons. The van der Waals surface area contributed by atoms with Crippen LogP contribution in [0.15, 0.2) is 30.3 Å². The fourth-order valence-electron chi connectivity index (χ4n) is 2.56.